The number of halogens is 1. The van der Waals surface area contributed by atoms with Crippen LogP contribution >= 0.6 is 15.9 Å². The fourth-order valence-electron chi connectivity index (χ4n) is 2.04. The largest absolute Gasteiger partial charge is 0.379 e. The van der Waals surface area contributed by atoms with Gasteiger partial charge in [-0.1, -0.05) is 34.1 Å². The number of benzene rings is 1. The number of aromatic nitrogens is 2. The molecule has 0 aliphatic carbocycles. The molecule has 0 bridgehead atoms. The quantitative estimate of drug-likeness (QED) is 0.813. The van der Waals surface area contributed by atoms with E-state index < -0.39 is 0 Å². The van der Waals surface area contributed by atoms with Crippen molar-refractivity contribution >= 4 is 21.6 Å². The fraction of sp³-hybridized carbons (Fsp3) is 0.250. The zero-order valence-corrected chi connectivity index (χ0v) is 10.4. The van der Waals surface area contributed by atoms with E-state index in [2.05, 4.69) is 61.4 Å². The van der Waals surface area contributed by atoms with E-state index in [4.69, 9.17) is 0 Å². The first-order valence-electron chi connectivity index (χ1n) is 5.30. The number of alkyl halides is 1. The second-order valence-electron chi connectivity index (χ2n) is 3.93. The van der Waals surface area contributed by atoms with Gasteiger partial charge in [0.05, 0.1) is 24.5 Å². The van der Waals surface area contributed by atoms with Gasteiger partial charge in [-0.2, -0.15) is 5.10 Å². The summed E-state index contributed by atoms with van der Waals surface area (Å²) in [6.07, 6.45) is 0. The van der Waals surface area contributed by atoms with Crippen LogP contribution in [0.1, 0.15) is 17.0 Å². The summed E-state index contributed by atoms with van der Waals surface area (Å²) in [7, 11) is 0. The van der Waals surface area contributed by atoms with E-state index in [1.165, 1.54) is 16.9 Å². The Morgan fingerprint density at radius 3 is 3.12 bits per heavy atom. The molecule has 1 aromatic heterocycles. The van der Waals surface area contributed by atoms with E-state index in [9.17, 15) is 0 Å². The molecule has 82 valence electrons. The fourth-order valence-corrected chi connectivity index (χ4v) is 2.31. The number of rotatable bonds is 1. The average molecular weight is 278 g/mol. The van der Waals surface area contributed by atoms with E-state index in [1.807, 2.05) is 0 Å². The van der Waals surface area contributed by atoms with Crippen molar-refractivity contribution in [3.8, 4) is 0 Å². The third-order valence-corrected chi connectivity index (χ3v) is 3.42. The Morgan fingerprint density at radius 1 is 1.38 bits per heavy atom. The maximum Gasteiger partial charge on any atom is 0.0733 e. The number of nitrogens with one attached hydrogen (secondary N) is 1. The van der Waals surface area contributed by atoms with Crippen molar-refractivity contribution in [2.24, 2.45) is 0 Å². The Hall–Kier alpha value is -1.29. The summed E-state index contributed by atoms with van der Waals surface area (Å²) in [6, 6.07) is 10.5. The monoisotopic (exact) mass is 277 g/mol. The van der Waals surface area contributed by atoms with Gasteiger partial charge in [0.2, 0.25) is 0 Å². The van der Waals surface area contributed by atoms with Crippen LogP contribution in [0.15, 0.2) is 30.3 Å². The highest BCUT2D eigenvalue weighted by Crippen LogP contribution is 2.22. The highest BCUT2D eigenvalue weighted by molar-refractivity contribution is 9.08. The molecule has 0 saturated heterocycles. The summed E-state index contributed by atoms with van der Waals surface area (Å²) in [5.74, 6) is 0. The lowest BCUT2D eigenvalue weighted by atomic mass is 10.2. The van der Waals surface area contributed by atoms with Gasteiger partial charge in [0, 0.05) is 11.0 Å². The van der Waals surface area contributed by atoms with Crippen LogP contribution in [0, 0.1) is 0 Å². The average Bonchev–Trinajstić information content (AvgIpc) is 2.63. The zero-order chi connectivity index (χ0) is 11.0. The van der Waals surface area contributed by atoms with Crippen LogP contribution < -0.4 is 5.32 Å². The molecule has 1 aliphatic heterocycles. The summed E-state index contributed by atoms with van der Waals surface area (Å²) in [5, 5.41) is 8.81. The molecular weight excluding hydrogens is 266 g/mol. The summed E-state index contributed by atoms with van der Waals surface area (Å²) in [6.45, 7) is 1.70. The first kappa shape index (κ1) is 9.90. The van der Waals surface area contributed by atoms with Gasteiger partial charge < -0.3 is 5.32 Å². The first-order valence-corrected chi connectivity index (χ1v) is 6.42. The van der Waals surface area contributed by atoms with Crippen LogP contribution in [-0.4, -0.2) is 9.78 Å². The summed E-state index contributed by atoms with van der Waals surface area (Å²) >= 11 is 3.44. The number of anilines is 1. The molecule has 0 unspecified atom stereocenters. The van der Waals surface area contributed by atoms with Crippen molar-refractivity contribution in [2.45, 2.75) is 18.4 Å². The minimum atomic E-state index is 0.814. The van der Waals surface area contributed by atoms with Crippen LogP contribution in [0.3, 0.4) is 0 Å². The second-order valence-corrected chi connectivity index (χ2v) is 4.49. The first-order chi connectivity index (χ1) is 7.86. The summed E-state index contributed by atoms with van der Waals surface area (Å²) in [5.41, 5.74) is 4.85. The molecule has 2 heterocycles. The molecule has 1 N–H and O–H groups in total. The van der Waals surface area contributed by atoms with Gasteiger partial charge in [-0.15, -0.1) is 0 Å². The van der Waals surface area contributed by atoms with E-state index in [0.717, 1.165) is 24.1 Å². The third-order valence-electron chi connectivity index (χ3n) is 2.85. The maximum absolute atomic E-state index is 4.56. The van der Waals surface area contributed by atoms with Crippen LogP contribution in [-0.2, 0) is 18.4 Å². The van der Waals surface area contributed by atoms with Crippen molar-refractivity contribution in [3.05, 3.63) is 47.3 Å². The number of fused-ring (bicyclic) bond motifs is 2. The Kier molecular flexibility index (Phi) is 2.44. The Morgan fingerprint density at radius 2 is 2.25 bits per heavy atom. The minimum absolute atomic E-state index is 0.814. The lowest BCUT2D eigenvalue weighted by molar-refractivity contribution is 0.656. The standard InChI is InChI=1S/C12H12BrN3/c13-6-10-5-11-7-14-12-4-2-1-3-9(12)8-16(11)15-10/h1-5,14H,6-8H2. The molecule has 4 heteroatoms. The molecule has 0 atom stereocenters. The molecule has 3 nitrogen and oxygen atoms in total. The number of para-hydroxylation sites is 1. The van der Waals surface area contributed by atoms with Gasteiger partial charge >= 0.3 is 0 Å². The Balaban J connectivity index is 2.03. The third kappa shape index (κ3) is 1.63. The predicted molar refractivity (Wildman–Crippen MR) is 67.7 cm³/mol. The van der Waals surface area contributed by atoms with E-state index >= 15 is 0 Å². The van der Waals surface area contributed by atoms with Gasteiger partial charge in [0.1, 0.15) is 0 Å². The number of nitrogens with zero attached hydrogens (tertiary/aromatic N) is 2. The highest BCUT2D eigenvalue weighted by atomic mass is 79.9. The van der Waals surface area contributed by atoms with Crippen molar-refractivity contribution in [2.75, 3.05) is 5.32 Å². The van der Waals surface area contributed by atoms with Crippen molar-refractivity contribution < 1.29 is 0 Å². The van der Waals surface area contributed by atoms with Crippen molar-refractivity contribution in [1.29, 1.82) is 0 Å². The predicted octanol–water partition coefficient (Wildman–Crippen LogP) is 2.75. The topological polar surface area (TPSA) is 29.9 Å². The molecule has 1 aromatic carbocycles. The minimum Gasteiger partial charge on any atom is -0.379 e. The van der Waals surface area contributed by atoms with Gasteiger partial charge in [0.15, 0.2) is 0 Å². The molecular formula is C12H12BrN3. The molecule has 3 rings (SSSR count). The van der Waals surface area contributed by atoms with E-state index in [-0.39, 0.29) is 0 Å². The Labute approximate surface area is 103 Å². The lowest BCUT2D eigenvalue weighted by Crippen LogP contribution is -2.04. The molecule has 16 heavy (non-hydrogen) atoms. The van der Waals surface area contributed by atoms with Crippen LogP contribution in [0.4, 0.5) is 5.69 Å². The van der Waals surface area contributed by atoms with Crippen molar-refractivity contribution in [1.82, 2.24) is 9.78 Å². The van der Waals surface area contributed by atoms with Crippen LogP contribution in [0.2, 0.25) is 0 Å². The SMILES string of the molecule is BrCc1cc2n(n1)Cc1ccccc1NC2. The summed E-state index contributed by atoms with van der Waals surface area (Å²) in [4.78, 5) is 0. The zero-order valence-electron chi connectivity index (χ0n) is 8.78. The molecule has 0 spiro atoms. The van der Waals surface area contributed by atoms with Crippen LogP contribution in [0.25, 0.3) is 0 Å². The second kappa shape index (κ2) is 3.94. The Bertz CT molecular complexity index is 519. The summed E-state index contributed by atoms with van der Waals surface area (Å²) < 4.78 is 2.08. The van der Waals surface area contributed by atoms with Crippen molar-refractivity contribution in [3.63, 3.8) is 0 Å². The van der Waals surface area contributed by atoms with Gasteiger partial charge in [-0.25, -0.2) is 0 Å². The van der Waals surface area contributed by atoms with E-state index in [0.29, 0.717) is 0 Å². The van der Waals surface area contributed by atoms with Gasteiger partial charge in [-0.05, 0) is 17.7 Å². The van der Waals surface area contributed by atoms with Gasteiger partial charge in [-0.3, -0.25) is 4.68 Å². The maximum atomic E-state index is 4.56. The molecule has 0 amide bonds. The number of hydrogen-bond donors (Lipinski definition) is 1. The number of hydrogen-bond acceptors (Lipinski definition) is 2. The van der Waals surface area contributed by atoms with E-state index in [1.54, 1.807) is 0 Å². The lowest BCUT2D eigenvalue weighted by Gasteiger charge is -2.05. The molecule has 0 fully saturated rings. The highest BCUT2D eigenvalue weighted by Gasteiger charge is 2.13. The normalized spacial score (nSPS) is 13.6. The van der Waals surface area contributed by atoms with Crippen LogP contribution in [0.5, 0.6) is 0 Å². The molecule has 0 radical (unpaired) electrons. The molecule has 2 aromatic rings. The van der Waals surface area contributed by atoms with Gasteiger partial charge in [0.25, 0.3) is 0 Å². The molecule has 0 saturated carbocycles. The molecule has 1 aliphatic rings. The smallest absolute Gasteiger partial charge is 0.0733 e.